The lowest BCUT2D eigenvalue weighted by molar-refractivity contribution is -0.136. The number of hydrogen-bond donors (Lipinski definition) is 1. The zero-order chi connectivity index (χ0) is 20.4. The van der Waals surface area contributed by atoms with Gasteiger partial charge in [-0.3, -0.25) is 4.79 Å². The number of aliphatic carboxylic acids is 1. The summed E-state index contributed by atoms with van der Waals surface area (Å²) in [6, 6.07) is 12.0. The molecule has 0 amide bonds. The Hall–Kier alpha value is -2.86. The van der Waals surface area contributed by atoms with E-state index >= 15 is 0 Å². The van der Waals surface area contributed by atoms with E-state index < -0.39 is 5.97 Å². The van der Waals surface area contributed by atoms with E-state index in [2.05, 4.69) is 6.92 Å². The van der Waals surface area contributed by atoms with Crippen LogP contribution in [0, 0.1) is 0 Å². The van der Waals surface area contributed by atoms with Crippen LogP contribution in [0.2, 0.25) is 0 Å². The topological polar surface area (TPSA) is 68.7 Å². The third-order valence-electron chi connectivity index (χ3n) is 4.83. The molecule has 0 bridgehead atoms. The molecule has 150 valence electrons. The first-order valence-corrected chi connectivity index (χ1v) is 10.6. The fourth-order valence-electron chi connectivity index (χ4n) is 3.53. The molecule has 1 aromatic heterocycles. The van der Waals surface area contributed by atoms with Gasteiger partial charge in [0.15, 0.2) is 0 Å². The van der Waals surface area contributed by atoms with E-state index in [0.29, 0.717) is 13.0 Å². The second-order valence-electron chi connectivity index (χ2n) is 7.11. The van der Waals surface area contributed by atoms with Gasteiger partial charge in [0, 0.05) is 24.0 Å². The Bertz CT molecular complexity index is 1050. The normalized spacial score (nSPS) is 15.9. The summed E-state index contributed by atoms with van der Waals surface area (Å²) in [6.45, 7) is 4.57. The summed E-state index contributed by atoms with van der Waals surface area (Å²) in [5, 5.41) is 10.1. The molecule has 3 aromatic rings. The van der Waals surface area contributed by atoms with Crippen molar-refractivity contribution in [3.05, 3.63) is 52.5 Å². The second-order valence-corrected chi connectivity index (χ2v) is 8.14. The van der Waals surface area contributed by atoms with E-state index in [1.54, 1.807) is 11.3 Å². The van der Waals surface area contributed by atoms with Crippen molar-refractivity contribution in [3.63, 3.8) is 0 Å². The standard InChI is InChI=1S/C23H23NO4S/c1-3-27-19-12-16-10-14(2)28-20(16)13-17(19)11-15(8-9-22(25)26)23-24-18-6-4-5-7-21(18)29-23/h4-7,11-14H,3,8-10H2,1-2H3,(H,25,26)/b15-11+/t14-/m0/s1. The smallest absolute Gasteiger partial charge is 0.303 e. The molecule has 0 fully saturated rings. The summed E-state index contributed by atoms with van der Waals surface area (Å²) in [5.74, 6) is 0.833. The number of hydrogen-bond acceptors (Lipinski definition) is 5. The van der Waals surface area contributed by atoms with Crippen LogP contribution in [0.1, 0.15) is 42.8 Å². The highest BCUT2D eigenvalue weighted by molar-refractivity contribution is 7.19. The summed E-state index contributed by atoms with van der Waals surface area (Å²) >= 11 is 1.58. The van der Waals surface area contributed by atoms with E-state index in [4.69, 9.17) is 14.5 Å². The number of aromatic nitrogens is 1. The van der Waals surface area contributed by atoms with Gasteiger partial charge in [-0.25, -0.2) is 4.98 Å². The van der Waals surface area contributed by atoms with Gasteiger partial charge in [-0.05, 0) is 56.2 Å². The monoisotopic (exact) mass is 409 g/mol. The van der Waals surface area contributed by atoms with Gasteiger partial charge >= 0.3 is 5.97 Å². The maximum atomic E-state index is 11.2. The number of carboxylic acids is 1. The molecule has 2 heterocycles. The van der Waals surface area contributed by atoms with Crippen molar-refractivity contribution in [1.29, 1.82) is 0 Å². The first-order valence-electron chi connectivity index (χ1n) is 9.78. The zero-order valence-corrected chi connectivity index (χ0v) is 17.3. The number of benzene rings is 2. The molecular weight excluding hydrogens is 386 g/mol. The van der Waals surface area contributed by atoms with E-state index in [1.165, 1.54) is 0 Å². The van der Waals surface area contributed by atoms with Gasteiger partial charge in [0.05, 0.1) is 16.8 Å². The molecule has 2 aromatic carbocycles. The largest absolute Gasteiger partial charge is 0.493 e. The quantitative estimate of drug-likeness (QED) is 0.564. The minimum atomic E-state index is -0.826. The zero-order valence-electron chi connectivity index (χ0n) is 16.5. The maximum absolute atomic E-state index is 11.2. The summed E-state index contributed by atoms with van der Waals surface area (Å²) in [4.78, 5) is 16.0. The number of ether oxygens (including phenoxy) is 2. The average molecular weight is 410 g/mol. The van der Waals surface area contributed by atoms with Gasteiger partial charge in [-0.15, -0.1) is 11.3 Å². The number of fused-ring (bicyclic) bond motifs is 2. The van der Waals surface area contributed by atoms with Gasteiger partial charge in [0.2, 0.25) is 0 Å². The molecule has 1 aliphatic rings. The highest BCUT2D eigenvalue weighted by Gasteiger charge is 2.22. The Labute approximate surface area is 173 Å². The Balaban J connectivity index is 1.79. The van der Waals surface area contributed by atoms with Gasteiger partial charge in [0.25, 0.3) is 0 Å². The number of carboxylic acid groups (broad SMARTS) is 1. The van der Waals surface area contributed by atoms with Gasteiger partial charge in [-0.2, -0.15) is 0 Å². The predicted molar refractivity (Wildman–Crippen MR) is 116 cm³/mol. The van der Waals surface area contributed by atoms with Crippen LogP contribution in [-0.4, -0.2) is 28.8 Å². The highest BCUT2D eigenvalue weighted by atomic mass is 32.1. The average Bonchev–Trinajstić information content (AvgIpc) is 3.27. The molecule has 4 rings (SSSR count). The summed E-state index contributed by atoms with van der Waals surface area (Å²) in [5.41, 5.74) is 3.84. The maximum Gasteiger partial charge on any atom is 0.303 e. The van der Waals surface area contributed by atoms with Crippen LogP contribution < -0.4 is 9.47 Å². The fourth-order valence-corrected chi connectivity index (χ4v) is 4.54. The molecule has 5 nitrogen and oxygen atoms in total. The third kappa shape index (κ3) is 4.27. The Morgan fingerprint density at radius 3 is 2.93 bits per heavy atom. The lowest BCUT2D eigenvalue weighted by Gasteiger charge is -2.11. The fraction of sp³-hybridized carbons (Fsp3) is 0.304. The lowest BCUT2D eigenvalue weighted by atomic mass is 10.0. The molecule has 1 aliphatic heterocycles. The van der Waals surface area contributed by atoms with Crippen LogP contribution >= 0.6 is 11.3 Å². The Morgan fingerprint density at radius 1 is 1.34 bits per heavy atom. The number of allylic oxidation sites excluding steroid dienone is 1. The third-order valence-corrected chi connectivity index (χ3v) is 5.95. The number of nitrogens with zero attached hydrogens (tertiary/aromatic N) is 1. The summed E-state index contributed by atoms with van der Waals surface area (Å²) in [6.07, 6.45) is 3.45. The van der Waals surface area contributed by atoms with Crippen molar-refractivity contribution < 1.29 is 19.4 Å². The SMILES string of the molecule is CCOc1cc2c(cc1/C=C(\CCC(=O)O)c1nc3ccccc3s1)O[C@@H](C)C2. The molecule has 0 unspecified atom stereocenters. The molecular formula is C23H23NO4S. The molecule has 1 atom stereocenters. The first-order chi connectivity index (χ1) is 14.0. The molecule has 1 N–H and O–H groups in total. The van der Waals surface area contributed by atoms with E-state index in [0.717, 1.165) is 49.8 Å². The molecule has 0 spiro atoms. The second kappa shape index (κ2) is 8.25. The molecule has 0 saturated heterocycles. The van der Waals surface area contributed by atoms with Crippen molar-refractivity contribution in [2.24, 2.45) is 0 Å². The number of carbonyl (C=O) groups is 1. The first kappa shape index (κ1) is 19.5. The van der Waals surface area contributed by atoms with Gasteiger partial charge < -0.3 is 14.6 Å². The van der Waals surface area contributed by atoms with Crippen molar-refractivity contribution in [3.8, 4) is 11.5 Å². The van der Waals surface area contributed by atoms with Crippen molar-refractivity contribution in [1.82, 2.24) is 4.98 Å². The van der Waals surface area contributed by atoms with Crippen LogP contribution in [-0.2, 0) is 11.2 Å². The molecule has 6 heteroatoms. The number of thiazole rings is 1. The number of para-hydroxylation sites is 1. The molecule has 0 aliphatic carbocycles. The van der Waals surface area contributed by atoms with Crippen molar-refractivity contribution >= 4 is 39.2 Å². The highest BCUT2D eigenvalue weighted by Crippen LogP contribution is 2.38. The van der Waals surface area contributed by atoms with Crippen LogP contribution in [0.4, 0.5) is 0 Å². The Kier molecular flexibility index (Phi) is 5.53. The summed E-state index contributed by atoms with van der Waals surface area (Å²) < 4.78 is 12.9. The minimum absolute atomic E-state index is 0.0458. The predicted octanol–water partition coefficient (Wildman–Crippen LogP) is 5.42. The van der Waals surface area contributed by atoms with Crippen molar-refractivity contribution in [2.75, 3.05) is 6.61 Å². The molecule has 0 saturated carbocycles. The molecule has 29 heavy (non-hydrogen) atoms. The van der Waals surface area contributed by atoms with E-state index in [1.807, 2.05) is 49.4 Å². The van der Waals surface area contributed by atoms with E-state index in [9.17, 15) is 9.90 Å². The van der Waals surface area contributed by atoms with E-state index in [-0.39, 0.29) is 12.5 Å². The van der Waals surface area contributed by atoms with Gasteiger partial charge in [0.1, 0.15) is 22.6 Å². The van der Waals surface area contributed by atoms with Crippen molar-refractivity contribution in [2.45, 2.75) is 39.2 Å². The Morgan fingerprint density at radius 2 is 2.17 bits per heavy atom. The van der Waals surface area contributed by atoms with Crippen LogP contribution in [0.25, 0.3) is 21.9 Å². The van der Waals surface area contributed by atoms with Crippen LogP contribution in [0.5, 0.6) is 11.5 Å². The summed E-state index contributed by atoms with van der Waals surface area (Å²) in [7, 11) is 0. The lowest BCUT2D eigenvalue weighted by Crippen LogP contribution is -2.05. The van der Waals surface area contributed by atoms with Crippen LogP contribution in [0.3, 0.4) is 0 Å². The molecule has 0 radical (unpaired) electrons. The number of rotatable bonds is 7. The minimum Gasteiger partial charge on any atom is -0.493 e. The van der Waals surface area contributed by atoms with Gasteiger partial charge in [-0.1, -0.05) is 12.1 Å². The van der Waals surface area contributed by atoms with Crippen LogP contribution in [0.15, 0.2) is 36.4 Å².